The number of aliphatic carboxylic acids is 1. The molecule has 0 fully saturated rings. The molecule has 0 heterocycles. The van der Waals surface area contributed by atoms with Crippen molar-refractivity contribution in [3.63, 3.8) is 0 Å². The zero-order valence-electron chi connectivity index (χ0n) is 10.7. The summed E-state index contributed by atoms with van der Waals surface area (Å²) in [5, 5.41) is 31.9. The van der Waals surface area contributed by atoms with Crippen LogP contribution in [0.1, 0.15) is 25.0 Å². The molecule has 2 unspecified atom stereocenters. The van der Waals surface area contributed by atoms with Gasteiger partial charge in [0.15, 0.2) is 0 Å². The van der Waals surface area contributed by atoms with Crippen LogP contribution < -0.4 is 5.32 Å². The lowest BCUT2D eigenvalue weighted by Gasteiger charge is -2.20. The highest BCUT2D eigenvalue weighted by molar-refractivity contribution is 5.66. The zero-order chi connectivity index (χ0) is 15.3. The first-order valence-corrected chi connectivity index (χ1v) is 5.90. The van der Waals surface area contributed by atoms with Gasteiger partial charge in [0.05, 0.1) is 17.4 Å². The van der Waals surface area contributed by atoms with E-state index in [0.29, 0.717) is 0 Å². The molecule has 0 spiro atoms. The van der Waals surface area contributed by atoms with Crippen LogP contribution in [-0.4, -0.2) is 33.7 Å². The highest BCUT2D eigenvalue weighted by atomic mass is 19.1. The number of aliphatic hydroxyl groups excluding tert-OH is 1. The van der Waals surface area contributed by atoms with Crippen LogP contribution in [0.4, 0.5) is 10.1 Å². The Hall–Kier alpha value is -2.06. The summed E-state index contributed by atoms with van der Waals surface area (Å²) < 4.78 is 13.2. The number of carboxylic acid groups (broad SMARTS) is 1. The fourth-order valence-corrected chi connectivity index (χ4v) is 1.66. The minimum atomic E-state index is -1.11. The number of halogens is 1. The van der Waals surface area contributed by atoms with Gasteiger partial charge >= 0.3 is 11.7 Å². The summed E-state index contributed by atoms with van der Waals surface area (Å²) in [5.41, 5.74) is -0.521. The summed E-state index contributed by atoms with van der Waals surface area (Å²) in [6.45, 7) is 1.75. The summed E-state index contributed by atoms with van der Waals surface area (Å²) in [4.78, 5) is 20.1. The molecular weight excluding hydrogens is 271 g/mol. The van der Waals surface area contributed by atoms with Crippen LogP contribution in [0.3, 0.4) is 0 Å². The molecule has 0 aliphatic carbocycles. The molecule has 0 aromatic heterocycles. The molecule has 0 aliphatic heterocycles. The number of carboxylic acids is 1. The highest BCUT2D eigenvalue weighted by Gasteiger charge is 2.21. The van der Waals surface area contributed by atoms with E-state index in [1.54, 1.807) is 6.92 Å². The molecule has 20 heavy (non-hydrogen) atoms. The number of rotatable bonds is 7. The molecule has 0 radical (unpaired) electrons. The summed E-state index contributed by atoms with van der Waals surface area (Å²) in [6.07, 6.45) is -1.22. The largest absolute Gasteiger partial charge is 0.481 e. The van der Waals surface area contributed by atoms with Crippen molar-refractivity contribution < 1.29 is 24.3 Å². The lowest BCUT2D eigenvalue weighted by atomic mass is 10.0. The van der Waals surface area contributed by atoms with Crippen molar-refractivity contribution in [1.29, 1.82) is 0 Å². The maximum Gasteiger partial charge on any atom is 0.305 e. The summed E-state index contributed by atoms with van der Waals surface area (Å²) in [6, 6.07) is 2.61. The van der Waals surface area contributed by atoms with E-state index in [1.807, 2.05) is 0 Å². The van der Waals surface area contributed by atoms with Gasteiger partial charge in [0.2, 0.25) is 5.82 Å². The number of nitrogens with zero attached hydrogens (tertiary/aromatic N) is 1. The fraction of sp³-hybridized carbons (Fsp3) is 0.417. The smallest absolute Gasteiger partial charge is 0.305 e. The molecule has 0 saturated carbocycles. The van der Waals surface area contributed by atoms with Gasteiger partial charge in [-0.25, -0.2) is 0 Å². The number of nitrogens with one attached hydrogen (secondary N) is 1. The van der Waals surface area contributed by atoms with Crippen LogP contribution in [0, 0.1) is 15.9 Å². The minimum absolute atomic E-state index is 0.110. The third-order valence-corrected chi connectivity index (χ3v) is 2.79. The van der Waals surface area contributed by atoms with Crippen molar-refractivity contribution in [2.45, 2.75) is 25.5 Å². The van der Waals surface area contributed by atoms with Crippen molar-refractivity contribution in [1.82, 2.24) is 5.32 Å². The number of carbonyl (C=O) groups is 1. The quantitative estimate of drug-likeness (QED) is 0.513. The lowest BCUT2D eigenvalue weighted by Crippen LogP contribution is -2.33. The number of nitro benzene ring substituents is 1. The van der Waals surface area contributed by atoms with Crippen LogP contribution in [0.25, 0.3) is 0 Å². The third kappa shape index (κ3) is 4.25. The SMILES string of the molecule is CC(NCCC(=O)O)C(O)c1ccc(F)c([N+](=O)[O-])c1. The van der Waals surface area contributed by atoms with Gasteiger partial charge in [-0.1, -0.05) is 6.07 Å². The summed E-state index contributed by atoms with van der Waals surface area (Å²) in [7, 11) is 0. The Morgan fingerprint density at radius 1 is 1.55 bits per heavy atom. The van der Waals surface area contributed by atoms with Crippen LogP contribution in [0.5, 0.6) is 0 Å². The fourth-order valence-electron chi connectivity index (χ4n) is 1.66. The van der Waals surface area contributed by atoms with E-state index >= 15 is 0 Å². The van der Waals surface area contributed by atoms with E-state index in [9.17, 15) is 24.4 Å². The molecule has 110 valence electrons. The van der Waals surface area contributed by atoms with Crippen molar-refractivity contribution in [3.05, 3.63) is 39.7 Å². The average molecular weight is 286 g/mol. The van der Waals surface area contributed by atoms with Gasteiger partial charge in [-0.05, 0) is 18.6 Å². The van der Waals surface area contributed by atoms with E-state index < -0.39 is 34.5 Å². The molecule has 1 rings (SSSR count). The van der Waals surface area contributed by atoms with Gasteiger partial charge in [-0.2, -0.15) is 4.39 Å². The molecule has 0 aliphatic rings. The van der Waals surface area contributed by atoms with Gasteiger partial charge in [0.1, 0.15) is 0 Å². The molecule has 8 heteroatoms. The standard InChI is InChI=1S/C12H15FN2O5/c1-7(14-5-4-11(16)17)12(18)8-2-3-9(13)10(6-8)15(19)20/h2-3,6-7,12,14,18H,4-5H2,1H3,(H,16,17). The number of hydrogen-bond acceptors (Lipinski definition) is 5. The second-order valence-electron chi connectivity index (χ2n) is 4.30. The number of benzene rings is 1. The first-order chi connectivity index (χ1) is 9.32. The van der Waals surface area contributed by atoms with E-state index in [0.717, 1.165) is 12.1 Å². The first kappa shape index (κ1) is 16.0. The number of nitro groups is 1. The van der Waals surface area contributed by atoms with Crippen molar-refractivity contribution in [2.24, 2.45) is 0 Å². The van der Waals surface area contributed by atoms with Crippen LogP contribution in [0.2, 0.25) is 0 Å². The Labute approximate surface area is 114 Å². The van der Waals surface area contributed by atoms with E-state index in [1.165, 1.54) is 6.07 Å². The van der Waals surface area contributed by atoms with Crippen molar-refractivity contribution >= 4 is 11.7 Å². The maximum absolute atomic E-state index is 13.2. The summed E-state index contributed by atoms with van der Waals surface area (Å²) in [5.74, 6) is -1.95. The molecule has 0 bridgehead atoms. The molecule has 2 atom stereocenters. The van der Waals surface area contributed by atoms with E-state index in [-0.39, 0.29) is 18.5 Å². The van der Waals surface area contributed by atoms with E-state index in [2.05, 4.69) is 5.32 Å². The Morgan fingerprint density at radius 2 is 2.20 bits per heavy atom. The second-order valence-corrected chi connectivity index (χ2v) is 4.30. The Kier molecular flexibility index (Phi) is 5.53. The van der Waals surface area contributed by atoms with Gasteiger partial charge in [-0.15, -0.1) is 0 Å². The molecule has 1 aromatic rings. The van der Waals surface area contributed by atoms with E-state index in [4.69, 9.17) is 5.11 Å². The predicted molar refractivity (Wildman–Crippen MR) is 67.7 cm³/mol. The van der Waals surface area contributed by atoms with Gasteiger partial charge in [0.25, 0.3) is 0 Å². The lowest BCUT2D eigenvalue weighted by molar-refractivity contribution is -0.387. The maximum atomic E-state index is 13.2. The Bertz CT molecular complexity index is 509. The van der Waals surface area contributed by atoms with Gasteiger partial charge in [-0.3, -0.25) is 14.9 Å². The van der Waals surface area contributed by atoms with Crippen molar-refractivity contribution in [2.75, 3.05) is 6.54 Å². The molecule has 3 N–H and O–H groups in total. The van der Waals surface area contributed by atoms with Crippen LogP contribution in [0.15, 0.2) is 18.2 Å². The Balaban J connectivity index is 2.76. The second kappa shape index (κ2) is 6.92. The third-order valence-electron chi connectivity index (χ3n) is 2.79. The first-order valence-electron chi connectivity index (χ1n) is 5.90. The average Bonchev–Trinajstić information content (AvgIpc) is 2.37. The number of hydrogen-bond donors (Lipinski definition) is 3. The minimum Gasteiger partial charge on any atom is -0.481 e. The Morgan fingerprint density at radius 3 is 2.75 bits per heavy atom. The van der Waals surface area contributed by atoms with Crippen LogP contribution in [-0.2, 0) is 4.79 Å². The topological polar surface area (TPSA) is 113 Å². The predicted octanol–water partition coefficient (Wildman–Crippen LogP) is 1.22. The van der Waals surface area contributed by atoms with Crippen molar-refractivity contribution in [3.8, 4) is 0 Å². The summed E-state index contributed by atoms with van der Waals surface area (Å²) >= 11 is 0. The number of aliphatic hydroxyl groups is 1. The zero-order valence-corrected chi connectivity index (χ0v) is 10.7. The van der Waals surface area contributed by atoms with Gasteiger partial charge in [0, 0.05) is 18.7 Å². The molecule has 7 nitrogen and oxygen atoms in total. The molecule has 0 amide bonds. The van der Waals surface area contributed by atoms with Crippen LogP contribution >= 0.6 is 0 Å². The molecule has 1 aromatic carbocycles. The monoisotopic (exact) mass is 286 g/mol. The molecule has 0 saturated heterocycles. The molecular formula is C12H15FN2O5. The normalized spacial score (nSPS) is 13.8. The van der Waals surface area contributed by atoms with Gasteiger partial charge < -0.3 is 15.5 Å². The highest BCUT2D eigenvalue weighted by Crippen LogP contribution is 2.24.